The minimum atomic E-state index is -0.415. The molecule has 1 saturated carbocycles. The van der Waals surface area contributed by atoms with Crippen molar-refractivity contribution in [3.05, 3.63) is 35.9 Å². The van der Waals surface area contributed by atoms with Gasteiger partial charge in [0.25, 0.3) is 0 Å². The summed E-state index contributed by atoms with van der Waals surface area (Å²) in [6.45, 7) is 2.12. The molecule has 1 unspecified atom stereocenters. The Hall–Kier alpha value is -0.820. The Morgan fingerprint density at radius 3 is 2.31 bits per heavy atom. The first-order valence-corrected chi connectivity index (χ1v) is 5.00. The smallest absolute Gasteiger partial charge is 0.0713 e. The van der Waals surface area contributed by atoms with Crippen molar-refractivity contribution in [3.8, 4) is 0 Å². The van der Waals surface area contributed by atoms with Crippen LogP contribution in [0.2, 0.25) is 0 Å². The van der Waals surface area contributed by atoms with Gasteiger partial charge >= 0.3 is 0 Å². The van der Waals surface area contributed by atoms with E-state index in [2.05, 4.69) is 19.1 Å². The minimum Gasteiger partial charge on any atom is -0.389 e. The van der Waals surface area contributed by atoms with Crippen LogP contribution in [0.15, 0.2) is 30.3 Å². The number of rotatable bonds is 2. The van der Waals surface area contributed by atoms with E-state index in [0.717, 1.165) is 12.8 Å². The van der Waals surface area contributed by atoms with E-state index in [1.807, 2.05) is 18.2 Å². The zero-order valence-electron chi connectivity index (χ0n) is 8.03. The Bertz CT molecular complexity index is 274. The molecule has 1 aliphatic rings. The van der Waals surface area contributed by atoms with E-state index in [1.54, 1.807) is 0 Å². The fourth-order valence-electron chi connectivity index (χ4n) is 2.02. The first kappa shape index (κ1) is 8.76. The first-order valence-electron chi connectivity index (χ1n) is 5.00. The summed E-state index contributed by atoms with van der Waals surface area (Å²) < 4.78 is 0. The molecule has 1 fully saturated rings. The third-order valence-electron chi connectivity index (χ3n) is 3.32. The highest BCUT2D eigenvalue weighted by atomic mass is 16.3. The van der Waals surface area contributed by atoms with Crippen LogP contribution >= 0.6 is 0 Å². The lowest BCUT2D eigenvalue weighted by Gasteiger charge is -2.42. The van der Waals surface area contributed by atoms with Crippen molar-refractivity contribution in [1.82, 2.24) is 0 Å². The van der Waals surface area contributed by atoms with E-state index in [-0.39, 0.29) is 5.92 Å². The van der Waals surface area contributed by atoms with Gasteiger partial charge in [-0.3, -0.25) is 0 Å². The van der Waals surface area contributed by atoms with Crippen molar-refractivity contribution in [1.29, 1.82) is 0 Å². The number of benzene rings is 1. The molecule has 1 atom stereocenters. The largest absolute Gasteiger partial charge is 0.389 e. The molecular formula is C12H16O. The van der Waals surface area contributed by atoms with Gasteiger partial charge in [-0.1, -0.05) is 37.3 Å². The lowest BCUT2D eigenvalue weighted by atomic mass is 9.69. The summed E-state index contributed by atoms with van der Waals surface area (Å²) in [5.74, 6) is 0.280. The Kier molecular flexibility index (Phi) is 2.12. The van der Waals surface area contributed by atoms with E-state index in [1.165, 1.54) is 12.0 Å². The highest BCUT2D eigenvalue weighted by molar-refractivity contribution is 5.23. The van der Waals surface area contributed by atoms with Gasteiger partial charge in [0.2, 0.25) is 0 Å². The van der Waals surface area contributed by atoms with Crippen LogP contribution in [0.1, 0.15) is 37.7 Å². The standard InChI is InChI=1S/C12H16O/c1-10(12(13)8-5-9-12)11-6-3-2-4-7-11/h2-4,6-7,10,13H,5,8-9H2,1H3. The van der Waals surface area contributed by atoms with Gasteiger partial charge in [-0.25, -0.2) is 0 Å². The van der Waals surface area contributed by atoms with Gasteiger partial charge in [-0.15, -0.1) is 0 Å². The zero-order valence-corrected chi connectivity index (χ0v) is 8.03. The molecule has 1 heteroatoms. The fraction of sp³-hybridized carbons (Fsp3) is 0.500. The lowest BCUT2D eigenvalue weighted by molar-refractivity contribution is -0.0527. The van der Waals surface area contributed by atoms with E-state index < -0.39 is 5.60 Å². The summed E-state index contributed by atoms with van der Waals surface area (Å²) >= 11 is 0. The van der Waals surface area contributed by atoms with Crippen LogP contribution in [0.4, 0.5) is 0 Å². The summed E-state index contributed by atoms with van der Waals surface area (Å²) in [5.41, 5.74) is 0.839. The topological polar surface area (TPSA) is 20.2 Å². The number of aliphatic hydroxyl groups is 1. The lowest BCUT2D eigenvalue weighted by Crippen LogP contribution is -2.41. The van der Waals surface area contributed by atoms with Crippen LogP contribution < -0.4 is 0 Å². The van der Waals surface area contributed by atoms with Gasteiger partial charge < -0.3 is 5.11 Å². The third kappa shape index (κ3) is 1.49. The molecule has 2 rings (SSSR count). The molecule has 1 nitrogen and oxygen atoms in total. The maximum Gasteiger partial charge on any atom is 0.0713 e. The second kappa shape index (κ2) is 3.15. The van der Waals surface area contributed by atoms with Crippen LogP contribution in [0.25, 0.3) is 0 Å². The summed E-state index contributed by atoms with van der Waals surface area (Å²) in [7, 11) is 0. The number of hydrogen-bond acceptors (Lipinski definition) is 1. The van der Waals surface area contributed by atoms with Gasteiger partial charge in [0, 0.05) is 5.92 Å². The molecule has 70 valence electrons. The van der Waals surface area contributed by atoms with Crippen molar-refractivity contribution in [2.45, 2.75) is 37.7 Å². The molecule has 0 spiro atoms. The van der Waals surface area contributed by atoms with Gasteiger partial charge in [-0.05, 0) is 24.8 Å². The molecular weight excluding hydrogens is 160 g/mol. The molecule has 0 radical (unpaired) electrons. The first-order chi connectivity index (χ1) is 6.22. The molecule has 1 aromatic carbocycles. The second-order valence-electron chi connectivity index (χ2n) is 4.09. The molecule has 0 heterocycles. The quantitative estimate of drug-likeness (QED) is 0.734. The van der Waals surface area contributed by atoms with Crippen molar-refractivity contribution in [3.63, 3.8) is 0 Å². The van der Waals surface area contributed by atoms with Gasteiger partial charge in [0.05, 0.1) is 5.60 Å². The van der Waals surface area contributed by atoms with Crippen molar-refractivity contribution >= 4 is 0 Å². The molecule has 1 N–H and O–H groups in total. The molecule has 0 aliphatic heterocycles. The van der Waals surface area contributed by atoms with Crippen LogP contribution in [0, 0.1) is 0 Å². The van der Waals surface area contributed by atoms with E-state index in [0.29, 0.717) is 0 Å². The summed E-state index contributed by atoms with van der Waals surface area (Å²) in [6, 6.07) is 10.3. The molecule has 0 saturated heterocycles. The van der Waals surface area contributed by atoms with Gasteiger partial charge in [0.1, 0.15) is 0 Å². The summed E-state index contributed by atoms with van der Waals surface area (Å²) in [5, 5.41) is 10.1. The molecule has 1 aromatic rings. The SMILES string of the molecule is CC(c1ccccc1)C1(O)CCC1. The highest BCUT2D eigenvalue weighted by Gasteiger charge is 2.40. The molecule has 0 bridgehead atoms. The maximum absolute atomic E-state index is 10.1. The van der Waals surface area contributed by atoms with Crippen LogP contribution in [-0.4, -0.2) is 10.7 Å². The maximum atomic E-state index is 10.1. The predicted octanol–water partition coefficient (Wildman–Crippen LogP) is 2.71. The third-order valence-corrected chi connectivity index (χ3v) is 3.32. The monoisotopic (exact) mass is 176 g/mol. The number of hydrogen-bond donors (Lipinski definition) is 1. The predicted molar refractivity (Wildman–Crippen MR) is 53.7 cm³/mol. The molecule has 0 aromatic heterocycles. The molecule has 0 amide bonds. The minimum absolute atomic E-state index is 0.280. The Morgan fingerprint density at radius 2 is 1.85 bits per heavy atom. The van der Waals surface area contributed by atoms with Crippen molar-refractivity contribution in [2.75, 3.05) is 0 Å². The average molecular weight is 176 g/mol. The van der Waals surface area contributed by atoms with Crippen LogP contribution in [0.3, 0.4) is 0 Å². The van der Waals surface area contributed by atoms with E-state index in [4.69, 9.17) is 0 Å². The zero-order chi connectivity index (χ0) is 9.31. The summed E-state index contributed by atoms with van der Waals surface area (Å²) in [6.07, 6.45) is 3.10. The highest BCUT2D eigenvalue weighted by Crippen LogP contribution is 2.42. The normalized spacial score (nSPS) is 22.0. The van der Waals surface area contributed by atoms with Gasteiger partial charge in [-0.2, -0.15) is 0 Å². The molecule has 1 aliphatic carbocycles. The van der Waals surface area contributed by atoms with E-state index >= 15 is 0 Å². The Balaban J connectivity index is 2.17. The van der Waals surface area contributed by atoms with Crippen molar-refractivity contribution < 1.29 is 5.11 Å². The average Bonchev–Trinajstić information content (AvgIpc) is 2.14. The Morgan fingerprint density at radius 1 is 1.23 bits per heavy atom. The Labute approximate surface area is 79.4 Å². The van der Waals surface area contributed by atoms with Crippen LogP contribution in [0.5, 0.6) is 0 Å². The summed E-state index contributed by atoms with van der Waals surface area (Å²) in [4.78, 5) is 0. The van der Waals surface area contributed by atoms with Crippen molar-refractivity contribution in [2.24, 2.45) is 0 Å². The second-order valence-corrected chi connectivity index (χ2v) is 4.09. The van der Waals surface area contributed by atoms with Gasteiger partial charge in [0.15, 0.2) is 0 Å². The van der Waals surface area contributed by atoms with E-state index in [9.17, 15) is 5.11 Å². The molecule has 13 heavy (non-hydrogen) atoms. The van der Waals surface area contributed by atoms with Crippen LogP contribution in [-0.2, 0) is 0 Å². The fourth-order valence-corrected chi connectivity index (χ4v) is 2.02.